The highest BCUT2D eigenvalue weighted by molar-refractivity contribution is 6.29. The summed E-state index contributed by atoms with van der Waals surface area (Å²) in [6.07, 6.45) is 0. The normalized spacial score (nSPS) is 23.4. The van der Waals surface area contributed by atoms with Gasteiger partial charge < -0.3 is 10.1 Å². The minimum Gasteiger partial charge on any atom is -0.493 e. The van der Waals surface area contributed by atoms with Gasteiger partial charge in [0.05, 0.1) is 6.61 Å². The second-order valence-corrected chi connectivity index (χ2v) is 4.74. The molecule has 16 heavy (non-hydrogen) atoms. The van der Waals surface area contributed by atoms with Crippen molar-refractivity contribution >= 4 is 11.6 Å². The molecule has 0 amide bonds. The van der Waals surface area contributed by atoms with E-state index in [1.807, 2.05) is 18.2 Å². The van der Waals surface area contributed by atoms with Crippen LogP contribution >= 0.6 is 11.6 Å². The van der Waals surface area contributed by atoms with Gasteiger partial charge in [0.1, 0.15) is 5.75 Å². The molecule has 1 aromatic rings. The van der Waals surface area contributed by atoms with E-state index in [0.29, 0.717) is 23.5 Å². The van der Waals surface area contributed by atoms with E-state index in [1.54, 1.807) is 0 Å². The van der Waals surface area contributed by atoms with Gasteiger partial charge >= 0.3 is 0 Å². The van der Waals surface area contributed by atoms with Crippen LogP contribution in [0.1, 0.15) is 18.5 Å². The molecule has 0 saturated carbocycles. The van der Waals surface area contributed by atoms with Crippen LogP contribution in [0, 0.1) is 5.92 Å². The molecule has 0 spiro atoms. The highest BCUT2D eigenvalue weighted by Gasteiger charge is 2.26. The SMILES string of the molecule is C=C(Cl)CNC1c2ccccc2OCC1C. The Morgan fingerprint density at radius 2 is 2.31 bits per heavy atom. The summed E-state index contributed by atoms with van der Waals surface area (Å²) in [5.41, 5.74) is 1.21. The third kappa shape index (κ3) is 2.39. The first-order chi connectivity index (χ1) is 7.68. The van der Waals surface area contributed by atoms with Gasteiger partial charge in [-0.1, -0.05) is 43.3 Å². The Morgan fingerprint density at radius 1 is 1.56 bits per heavy atom. The molecule has 2 nitrogen and oxygen atoms in total. The van der Waals surface area contributed by atoms with E-state index >= 15 is 0 Å². The van der Waals surface area contributed by atoms with Gasteiger partial charge in [0.2, 0.25) is 0 Å². The molecule has 0 aromatic heterocycles. The summed E-state index contributed by atoms with van der Waals surface area (Å²) >= 11 is 5.78. The zero-order valence-corrected chi connectivity index (χ0v) is 10.1. The molecule has 1 aromatic carbocycles. The minimum atomic E-state index is 0.292. The van der Waals surface area contributed by atoms with E-state index < -0.39 is 0 Å². The van der Waals surface area contributed by atoms with Crippen LogP contribution in [0.25, 0.3) is 0 Å². The Labute approximate surface area is 101 Å². The van der Waals surface area contributed by atoms with Gasteiger partial charge in [0.25, 0.3) is 0 Å². The lowest BCUT2D eigenvalue weighted by Gasteiger charge is -2.32. The van der Waals surface area contributed by atoms with Crippen LogP contribution in [-0.4, -0.2) is 13.2 Å². The van der Waals surface area contributed by atoms with Crippen molar-refractivity contribution in [2.45, 2.75) is 13.0 Å². The second-order valence-electron chi connectivity index (χ2n) is 4.20. The average Bonchev–Trinajstić information content (AvgIpc) is 2.27. The third-order valence-corrected chi connectivity index (χ3v) is 2.97. The van der Waals surface area contributed by atoms with Crippen molar-refractivity contribution in [1.29, 1.82) is 0 Å². The molecule has 0 saturated heterocycles. The first kappa shape index (κ1) is 11.5. The molecule has 1 heterocycles. The van der Waals surface area contributed by atoms with Crippen molar-refractivity contribution in [3.05, 3.63) is 41.4 Å². The number of benzene rings is 1. The topological polar surface area (TPSA) is 21.3 Å². The number of fused-ring (bicyclic) bond motifs is 1. The number of hydrogen-bond acceptors (Lipinski definition) is 2. The predicted molar refractivity (Wildman–Crippen MR) is 66.8 cm³/mol. The molecule has 86 valence electrons. The number of halogens is 1. The van der Waals surface area contributed by atoms with Crippen LogP contribution in [0.3, 0.4) is 0 Å². The maximum atomic E-state index is 5.78. The van der Waals surface area contributed by atoms with E-state index in [9.17, 15) is 0 Å². The van der Waals surface area contributed by atoms with Crippen molar-refractivity contribution < 1.29 is 4.74 Å². The van der Waals surface area contributed by atoms with E-state index in [2.05, 4.69) is 24.9 Å². The van der Waals surface area contributed by atoms with E-state index in [1.165, 1.54) is 5.56 Å². The highest BCUT2D eigenvalue weighted by Crippen LogP contribution is 2.34. The molecular formula is C13H16ClNO. The van der Waals surface area contributed by atoms with Crippen LogP contribution < -0.4 is 10.1 Å². The fourth-order valence-corrected chi connectivity index (χ4v) is 2.10. The molecule has 0 radical (unpaired) electrons. The van der Waals surface area contributed by atoms with Crippen molar-refractivity contribution in [2.24, 2.45) is 5.92 Å². The number of rotatable bonds is 3. The summed E-state index contributed by atoms with van der Waals surface area (Å²) in [5, 5.41) is 4.05. The Balaban J connectivity index is 2.19. The summed E-state index contributed by atoms with van der Waals surface area (Å²) < 4.78 is 5.68. The highest BCUT2D eigenvalue weighted by atomic mass is 35.5. The average molecular weight is 238 g/mol. The van der Waals surface area contributed by atoms with Crippen molar-refractivity contribution in [1.82, 2.24) is 5.32 Å². The maximum absolute atomic E-state index is 5.78. The minimum absolute atomic E-state index is 0.292. The van der Waals surface area contributed by atoms with Crippen LogP contribution in [0.15, 0.2) is 35.9 Å². The van der Waals surface area contributed by atoms with Gasteiger partial charge in [0, 0.05) is 29.1 Å². The van der Waals surface area contributed by atoms with Gasteiger partial charge in [-0.3, -0.25) is 0 Å². The second kappa shape index (κ2) is 4.89. The number of hydrogen-bond donors (Lipinski definition) is 1. The van der Waals surface area contributed by atoms with Crippen LogP contribution in [0.2, 0.25) is 0 Å². The van der Waals surface area contributed by atoms with Crippen LogP contribution in [-0.2, 0) is 0 Å². The molecule has 3 heteroatoms. The Hall–Kier alpha value is -0.990. The van der Waals surface area contributed by atoms with Gasteiger partial charge in [-0.25, -0.2) is 0 Å². The molecule has 1 aliphatic heterocycles. The van der Waals surface area contributed by atoms with Crippen molar-refractivity contribution in [3.63, 3.8) is 0 Å². The monoisotopic (exact) mass is 237 g/mol. The molecule has 1 N–H and O–H groups in total. The number of ether oxygens (including phenoxy) is 1. The van der Waals surface area contributed by atoms with Gasteiger partial charge in [-0.15, -0.1) is 0 Å². The maximum Gasteiger partial charge on any atom is 0.124 e. The first-order valence-corrected chi connectivity index (χ1v) is 5.84. The van der Waals surface area contributed by atoms with E-state index in [-0.39, 0.29) is 0 Å². The standard InChI is InChI=1S/C13H16ClNO/c1-9-8-16-12-6-4-3-5-11(12)13(9)15-7-10(2)14/h3-6,9,13,15H,2,7-8H2,1H3. The first-order valence-electron chi connectivity index (χ1n) is 5.47. The Morgan fingerprint density at radius 3 is 3.06 bits per heavy atom. The summed E-state index contributed by atoms with van der Waals surface area (Å²) in [6, 6.07) is 8.42. The lowest BCUT2D eigenvalue weighted by atomic mass is 9.92. The zero-order chi connectivity index (χ0) is 11.5. The molecule has 1 aliphatic rings. The summed E-state index contributed by atoms with van der Waals surface area (Å²) in [4.78, 5) is 0. The Bertz CT molecular complexity index is 391. The van der Waals surface area contributed by atoms with Gasteiger partial charge in [-0.2, -0.15) is 0 Å². The van der Waals surface area contributed by atoms with E-state index in [0.717, 1.165) is 12.4 Å². The van der Waals surface area contributed by atoms with E-state index in [4.69, 9.17) is 16.3 Å². The molecule has 2 unspecified atom stereocenters. The summed E-state index contributed by atoms with van der Waals surface area (Å²) in [6.45, 7) is 7.23. The van der Waals surface area contributed by atoms with Gasteiger partial charge in [0.15, 0.2) is 0 Å². The Kier molecular flexibility index (Phi) is 3.52. The summed E-state index contributed by atoms with van der Waals surface area (Å²) in [5.74, 6) is 1.41. The predicted octanol–water partition coefficient (Wildman–Crippen LogP) is 3.10. The quantitative estimate of drug-likeness (QED) is 0.872. The molecular weight excluding hydrogens is 222 g/mol. The lowest BCUT2D eigenvalue weighted by molar-refractivity contribution is 0.191. The smallest absolute Gasteiger partial charge is 0.124 e. The fourth-order valence-electron chi connectivity index (χ4n) is 2.02. The largest absolute Gasteiger partial charge is 0.493 e. The zero-order valence-electron chi connectivity index (χ0n) is 9.37. The van der Waals surface area contributed by atoms with Crippen molar-refractivity contribution in [3.8, 4) is 5.75 Å². The molecule has 0 fully saturated rings. The number of para-hydroxylation sites is 1. The fraction of sp³-hybridized carbons (Fsp3) is 0.385. The molecule has 0 bridgehead atoms. The van der Waals surface area contributed by atoms with Crippen molar-refractivity contribution in [2.75, 3.05) is 13.2 Å². The van der Waals surface area contributed by atoms with Crippen LogP contribution in [0.4, 0.5) is 0 Å². The van der Waals surface area contributed by atoms with Gasteiger partial charge in [-0.05, 0) is 6.07 Å². The molecule has 2 rings (SSSR count). The lowest BCUT2D eigenvalue weighted by Crippen LogP contribution is -2.34. The van der Waals surface area contributed by atoms with Crippen LogP contribution in [0.5, 0.6) is 5.75 Å². The molecule has 0 aliphatic carbocycles. The number of nitrogens with one attached hydrogen (secondary N) is 1. The third-order valence-electron chi connectivity index (χ3n) is 2.84. The molecule has 2 atom stereocenters. The summed E-state index contributed by atoms with van der Waals surface area (Å²) in [7, 11) is 0.